The molecule has 1 rings (SSSR count). The zero-order chi connectivity index (χ0) is 9.90. The summed E-state index contributed by atoms with van der Waals surface area (Å²) in [6, 6.07) is 0. The molecule has 0 radical (unpaired) electrons. The van der Waals surface area contributed by atoms with Crippen LogP contribution < -0.4 is 0 Å². The molecule has 0 amide bonds. The van der Waals surface area contributed by atoms with E-state index < -0.39 is 0 Å². The fraction of sp³-hybridized carbons (Fsp3) is 0.917. The Morgan fingerprint density at radius 2 is 2.15 bits per heavy atom. The third-order valence-corrected chi connectivity index (χ3v) is 3.53. The maximum Gasteiger partial charge on any atom is 0.126 e. The lowest BCUT2D eigenvalue weighted by Crippen LogP contribution is -2.35. The Balaban J connectivity index is 2.70. The molecule has 0 aromatic carbocycles. The number of aldehydes is 1. The predicted molar refractivity (Wildman–Crippen MR) is 55.6 cm³/mol. The Morgan fingerprint density at radius 1 is 1.46 bits per heavy atom. The van der Waals surface area contributed by atoms with Gasteiger partial charge in [0.15, 0.2) is 0 Å². The van der Waals surface area contributed by atoms with E-state index in [1.807, 2.05) is 0 Å². The average Bonchev–Trinajstić information content (AvgIpc) is 2.08. The van der Waals surface area contributed by atoms with Crippen LogP contribution in [0.25, 0.3) is 0 Å². The zero-order valence-corrected chi connectivity index (χ0v) is 9.18. The standard InChI is InChI=1S/C12H22O/c1-10(2)8-12(9-13)7-5-4-6-11(12)3/h9-11H,4-8H2,1-3H3. The fourth-order valence-electron chi connectivity index (χ4n) is 2.73. The molecule has 0 spiro atoms. The molecule has 0 saturated heterocycles. The molecular weight excluding hydrogens is 160 g/mol. The summed E-state index contributed by atoms with van der Waals surface area (Å²) in [5, 5.41) is 0. The molecule has 0 aromatic heterocycles. The van der Waals surface area contributed by atoms with E-state index in [-0.39, 0.29) is 5.41 Å². The summed E-state index contributed by atoms with van der Waals surface area (Å²) in [7, 11) is 0. The van der Waals surface area contributed by atoms with E-state index in [0.717, 1.165) is 12.8 Å². The van der Waals surface area contributed by atoms with Crippen LogP contribution in [0.4, 0.5) is 0 Å². The van der Waals surface area contributed by atoms with Crippen LogP contribution >= 0.6 is 0 Å². The van der Waals surface area contributed by atoms with Crippen molar-refractivity contribution in [2.24, 2.45) is 17.3 Å². The van der Waals surface area contributed by atoms with Crippen LogP contribution in [0.2, 0.25) is 0 Å². The first-order valence-corrected chi connectivity index (χ1v) is 5.57. The van der Waals surface area contributed by atoms with Gasteiger partial charge in [-0.1, -0.05) is 33.6 Å². The van der Waals surface area contributed by atoms with E-state index in [0.29, 0.717) is 11.8 Å². The molecule has 1 nitrogen and oxygen atoms in total. The van der Waals surface area contributed by atoms with Gasteiger partial charge in [-0.05, 0) is 31.1 Å². The first-order chi connectivity index (χ1) is 6.10. The second kappa shape index (κ2) is 4.26. The smallest absolute Gasteiger partial charge is 0.126 e. The molecule has 1 heteroatoms. The highest BCUT2D eigenvalue weighted by molar-refractivity contribution is 5.60. The summed E-state index contributed by atoms with van der Waals surface area (Å²) in [6.07, 6.45) is 7.25. The molecular formula is C12H22O. The minimum Gasteiger partial charge on any atom is -0.303 e. The minimum atomic E-state index is 0.0203. The van der Waals surface area contributed by atoms with Crippen molar-refractivity contribution in [3.05, 3.63) is 0 Å². The van der Waals surface area contributed by atoms with Crippen molar-refractivity contribution in [3.63, 3.8) is 0 Å². The number of carbonyl (C=O) groups is 1. The molecule has 0 heterocycles. The van der Waals surface area contributed by atoms with Crippen molar-refractivity contribution < 1.29 is 4.79 Å². The zero-order valence-electron chi connectivity index (χ0n) is 9.18. The van der Waals surface area contributed by atoms with Gasteiger partial charge in [0.25, 0.3) is 0 Å². The SMILES string of the molecule is CC(C)CC1(C=O)CCCCC1C. The highest BCUT2D eigenvalue weighted by atomic mass is 16.1. The number of hydrogen-bond acceptors (Lipinski definition) is 1. The molecule has 2 unspecified atom stereocenters. The lowest BCUT2D eigenvalue weighted by molar-refractivity contribution is -0.121. The minimum absolute atomic E-state index is 0.0203. The Bertz CT molecular complexity index is 174. The van der Waals surface area contributed by atoms with Crippen molar-refractivity contribution in [1.29, 1.82) is 0 Å². The van der Waals surface area contributed by atoms with Gasteiger partial charge in [-0.25, -0.2) is 0 Å². The van der Waals surface area contributed by atoms with Gasteiger partial charge in [0.2, 0.25) is 0 Å². The monoisotopic (exact) mass is 182 g/mol. The summed E-state index contributed by atoms with van der Waals surface area (Å²) >= 11 is 0. The summed E-state index contributed by atoms with van der Waals surface area (Å²) < 4.78 is 0. The van der Waals surface area contributed by atoms with Gasteiger partial charge in [-0.3, -0.25) is 0 Å². The van der Waals surface area contributed by atoms with Gasteiger partial charge in [0.1, 0.15) is 6.29 Å². The molecule has 0 N–H and O–H groups in total. The molecule has 0 aromatic rings. The third-order valence-electron chi connectivity index (χ3n) is 3.53. The Kier molecular flexibility index (Phi) is 3.52. The molecule has 1 aliphatic rings. The Morgan fingerprint density at radius 3 is 2.62 bits per heavy atom. The van der Waals surface area contributed by atoms with Crippen molar-refractivity contribution in [2.45, 2.75) is 52.9 Å². The van der Waals surface area contributed by atoms with E-state index in [1.54, 1.807) is 0 Å². The van der Waals surface area contributed by atoms with Gasteiger partial charge in [-0.2, -0.15) is 0 Å². The van der Waals surface area contributed by atoms with Crippen molar-refractivity contribution >= 4 is 6.29 Å². The maximum absolute atomic E-state index is 11.2. The van der Waals surface area contributed by atoms with E-state index in [1.165, 1.54) is 25.5 Å². The van der Waals surface area contributed by atoms with E-state index >= 15 is 0 Å². The highest BCUT2D eigenvalue weighted by Gasteiger charge is 2.38. The van der Waals surface area contributed by atoms with Gasteiger partial charge in [-0.15, -0.1) is 0 Å². The first kappa shape index (κ1) is 10.7. The molecule has 0 bridgehead atoms. The fourth-order valence-corrected chi connectivity index (χ4v) is 2.73. The van der Waals surface area contributed by atoms with Crippen LogP contribution in [0.3, 0.4) is 0 Å². The van der Waals surface area contributed by atoms with Crippen LogP contribution in [0, 0.1) is 17.3 Å². The quantitative estimate of drug-likeness (QED) is 0.611. The van der Waals surface area contributed by atoms with Crippen LogP contribution in [-0.4, -0.2) is 6.29 Å². The van der Waals surface area contributed by atoms with Crippen LogP contribution in [0.1, 0.15) is 52.9 Å². The van der Waals surface area contributed by atoms with Gasteiger partial charge in [0, 0.05) is 5.41 Å². The second-order valence-corrected chi connectivity index (χ2v) is 5.10. The van der Waals surface area contributed by atoms with Crippen LogP contribution in [-0.2, 0) is 4.79 Å². The predicted octanol–water partition coefficient (Wildman–Crippen LogP) is 3.43. The summed E-state index contributed by atoms with van der Waals surface area (Å²) in [5.74, 6) is 1.24. The third kappa shape index (κ3) is 2.32. The van der Waals surface area contributed by atoms with E-state index in [9.17, 15) is 4.79 Å². The lowest BCUT2D eigenvalue weighted by Gasteiger charge is -2.39. The van der Waals surface area contributed by atoms with Gasteiger partial charge >= 0.3 is 0 Å². The number of rotatable bonds is 3. The molecule has 1 saturated carbocycles. The van der Waals surface area contributed by atoms with Crippen LogP contribution in [0.5, 0.6) is 0 Å². The van der Waals surface area contributed by atoms with Gasteiger partial charge < -0.3 is 4.79 Å². The maximum atomic E-state index is 11.2. The Hall–Kier alpha value is -0.330. The molecule has 13 heavy (non-hydrogen) atoms. The van der Waals surface area contributed by atoms with E-state index in [4.69, 9.17) is 0 Å². The average molecular weight is 182 g/mol. The summed E-state index contributed by atoms with van der Waals surface area (Å²) in [5.41, 5.74) is 0.0203. The largest absolute Gasteiger partial charge is 0.303 e. The number of hydrogen-bond donors (Lipinski definition) is 0. The summed E-state index contributed by atoms with van der Waals surface area (Å²) in [4.78, 5) is 11.2. The van der Waals surface area contributed by atoms with E-state index in [2.05, 4.69) is 20.8 Å². The Labute approximate surface area is 81.9 Å². The van der Waals surface area contributed by atoms with Crippen molar-refractivity contribution in [2.75, 3.05) is 0 Å². The van der Waals surface area contributed by atoms with Gasteiger partial charge in [0.05, 0.1) is 0 Å². The topological polar surface area (TPSA) is 17.1 Å². The number of carbonyl (C=O) groups excluding carboxylic acids is 1. The van der Waals surface area contributed by atoms with Crippen molar-refractivity contribution in [1.82, 2.24) is 0 Å². The molecule has 1 fully saturated rings. The second-order valence-electron chi connectivity index (χ2n) is 5.10. The highest BCUT2D eigenvalue weighted by Crippen LogP contribution is 2.43. The molecule has 2 atom stereocenters. The normalized spacial score (nSPS) is 34.9. The molecule has 76 valence electrons. The first-order valence-electron chi connectivity index (χ1n) is 5.57. The lowest BCUT2D eigenvalue weighted by atomic mass is 9.64. The molecule has 1 aliphatic carbocycles. The molecule has 0 aliphatic heterocycles. The summed E-state index contributed by atoms with van der Waals surface area (Å²) in [6.45, 7) is 6.68. The van der Waals surface area contributed by atoms with Crippen LogP contribution in [0.15, 0.2) is 0 Å². The van der Waals surface area contributed by atoms with Crippen molar-refractivity contribution in [3.8, 4) is 0 Å².